The Kier molecular flexibility index (Phi) is 4.90. The number of fused-ring (bicyclic) bond motifs is 2. The van der Waals surface area contributed by atoms with E-state index < -0.39 is 40.6 Å². The minimum atomic E-state index is -0.741. The highest BCUT2D eigenvalue weighted by atomic mass is 16.5. The number of ketones is 2. The highest BCUT2D eigenvalue weighted by molar-refractivity contribution is 6.50. The topological polar surface area (TPSA) is 101 Å². The number of aliphatic hydroxyl groups excluding tert-OH is 2. The Balaban J connectivity index is 2.07. The molecule has 3 aliphatic carbocycles. The summed E-state index contributed by atoms with van der Waals surface area (Å²) in [6.45, 7) is 8.75. The van der Waals surface area contributed by atoms with Crippen LogP contribution in [-0.2, 0) is 19.1 Å². The zero-order chi connectivity index (χ0) is 21.0. The number of carbonyl (C=O) groups is 3. The molecule has 0 aliphatic heterocycles. The molecule has 1 saturated carbocycles. The van der Waals surface area contributed by atoms with Crippen LogP contribution in [0.5, 0.6) is 0 Å². The average molecular weight is 388 g/mol. The summed E-state index contributed by atoms with van der Waals surface area (Å²) in [6, 6.07) is 0. The van der Waals surface area contributed by atoms with Crippen LogP contribution in [0.15, 0.2) is 34.6 Å². The van der Waals surface area contributed by atoms with Gasteiger partial charge in [-0.1, -0.05) is 32.9 Å². The zero-order valence-corrected chi connectivity index (χ0v) is 17.0. The van der Waals surface area contributed by atoms with Crippen molar-refractivity contribution in [2.75, 3.05) is 0 Å². The Labute approximate surface area is 165 Å². The van der Waals surface area contributed by atoms with E-state index in [0.29, 0.717) is 24.0 Å². The lowest BCUT2D eigenvalue weighted by molar-refractivity contribution is -0.145. The molecule has 1 fully saturated rings. The van der Waals surface area contributed by atoms with Gasteiger partial charge in [0.2, 0.25) is 11.6 Å². The van der Waals surface area contributed by atoms with Gasteiger partial charge in [-0.25, -0.2) is 0 Å². The Morgan fingerprint density at radius 3 is 2.54 bits per heavy atom. The van der Waals surface area contributed by atoms with Gasteiger partial charge in [-0.15, -0.1) is 0 Å². The molecule has 0 aromatic carbocycles. The number of Topliss-reactive ketones (excluding diaryl/α,β-unsaturated/α-hetero) is 2. The second-order valence-corrected chi connectivity index (χ2v) is 9.03. The quantitative estimate of drug-likeness (QED) is 0.438. The second-order valence-electron chi connectivity index (χ2n) is 9.03. The SMILES string of the molecule is CC(=O)OC(C)CC1=C(O)C2=C(C(=O)C1=O)C1(C)CCC(O)C(C)(C)C1C=C2. The monoisotopic (exact) mass is 388 g/mol. The lowest BCUT2D eigenvalue weighted by atomic mass is 9.50. The number of carbonyl (C=O) groups excluding carboxylic acids is 3. The molecular weight excluding hydrogens is 360 g/mol. The number of ether oxygens (including phenoxy) is 1. The Bertz CT molecular complexity index is 843. The third-order valence-corrected chi connectivity index (χ3v) is 6.69. The van der Waals surface area contributed by atoms with Crippen molar-refractivity contribution >= 4 is 17.5 Å². The predicted octanol–water partition coefficient (Wildman–Crippen LogP) is 2.96. The number of aliphatic hydroxyl groups is 2. The largest absolute Gasteiger partial charge is 0.507 e. The number of hydrogen-bond acceptors (Lipinski definition) is 6. The van der Waals surface area contributed by atoms with Gasteiger partial charge in [0.1, 0.15) is 11.9 Å². The van der Waals surface area contributed by atoms with Gasteiger partial charge in [-0.2, -0.15) is 0 Å². The molecule has 0 amide bonds. The molecule has 0 saturated heterocycles. The molecule has 0 radical (unpaired) electrons. The van der Waals surface area contributed by atoms with Crippen molar-refractivity contribution in [2.24, 2.45) is 16.7 Å². The van der Waals surface area contributed by atoms with Crippen LogP contribution in [0.4, 0.5) is 0 Å². The molecule has 0 spiro atoms. The van der Waals surface area contributed by atoms with Crippen LogP contribution in [-0.4, -0.2) is 40.0 Å². The van der Waals surface area contributed by atoms with E-state index in [1.54, 1.807) is 13.0 Å². The van der Waals surface area contributed by atoms with E-state index in [1.165, 1.54) is 6.92 Å². The molecule has 28 heavy (non-hydrogen) atoms. The standard InChI is InChI=1S/C22H28O6/c1-11(28-12(2)23)10-14-18(25)13-6-7-15-21(3,4)16(24)8-9-22(15,5)17(13)20(27)19(14)26/h6-7,11,15-16,24-25H,8-10H2,1-5H3. The van der Waals surface area contributed by atoms with Gasteiger partial charge in [0.25, 0.3) is 0 Å². The predicted molar refractivity (Wildman–Crippen MR) is 102 cm³/mol. The van der Waals surface area contributed by atoms with Crippen LogP contribution in [0.3, 0.4) is 0 Å². The van der Waals surface area contributed by atoms with Gasteiger partial charge < -0.3 is 14.9 Å². The fourth-order valence-electron chi connectivity index (χ4n) is 5.22. The van der Waals surface area contributed by atoms with E-state index in [0.717, 1.165) is 0 Å². The lowest BCUT2D eigenvalue weighted by Gasteiger charge is -2.54. The molecule has 0 aromatic heterocycles. The summed E-state index contributed by atoms with van der Waals surface area (Å²) in [5, 5.41) is 21.3. The van der Waals surface area contributed by atoms with Crippen molar-refractivity contribution in [3.63, 3.8) is 0 Å². The summed E-state index contributed by atoms with van der Waals surface area (Å²) in [6.07, 6.45) is 3.55. The van der Waals surface area contributed by atoms with Crippen molar-refractivity contribution in [2.45, 2.75) is 66.1 Å². The molecule has 152 valence electrons. The van der Waals surface area contributed by atoms with E-state index in [-0.39, 0.29) is 23.7 Å². The number of allylic oxidation sites excluding steroid dienone is 3. The van der Waals surface area contributed by atoms with Gasteiger partial charge in [-0.05, 0) is 31.1 Å². The highest BCUT2D eigenvalue weighted by Gasteiger charge is 2.56. The van der Waals surface area contributed by atoms with E-state index in [2.05, 4.69) is 0 Å². The highest BCUT2D eigenvalue weighted by Crippen LogP contribution is 2.59. The van der Waals surface area contributed by atoms with Crippen LogP contribution in [0.2, 0.25) is 0 Å². The van der Waals surface area contributed by atoms with E-state index in [9.17, 15) is 24.6 Å². The number of hydrogen-bond donors (Lipinski definition) is 2. The minimum Gasteiger partial charge on any atom is -0.507 e. The lowest BCUT2D eigenvalue weighted by Crippen LogP contribution is -2.53. The molecule has 2 N–H and O–H groups in total. The fourth-order valence-corrected chi connectivity index (χ4v) is 5.22. The molecule has 0 aromatic rings. The van der Waals surface area contributed by atoms with Crippen LogP contribution >= 0.6 is 0 Å². The number of rotatable bonds is 3. The van der Waals surface area contributed by atoms with Gasteiger partial charge in [0, 0.05) is 35.5 Å². The normalized spacial score (nSPS) is 32.8. The van der Waals surface area contributed by atoms with E-state index >= 15 is 0 Å². The van der Waals surface area contributed by atoms with Gasteiger partial charge in [-0.3, -0.25) is 14.4 Å². The molecular formula is C22H28O6. The molecule has 3 rings (SSSR count). The van der Waals surface area contributed by atoms with Crippen LogP contribution in [0, 0.1) is 16.7 Å². The zero-order valence-electron chi connectivity index (χ0n) is 17.0. The average Bonchev–Trinajstić information content (AvgIpc) is 2.59. The summed E-state index contributed by atoms with van der Waals surface area (Å²) in [5.74, 6) is -2.18. The first-order chi connectivity index (χ1) is 12.9. The Morgan fingerprint density at radius 2 is 1.93 bits per heavy atom. The molecule has 4 unspecified atom stereocenters. The van der Waals surface area contributed by atoms with Crippen molar-refractivity contribution < 1.29 is 29.3 Å². The summed E-state index contributed by atoms with van der Waals surface area (Å²) in [7, 11) is 0. The summed E-state index contributed by atoms with van der Waals surface area (Å²) in [4.78, 5) is 37.1. The molecule has 0 heterocycles. The second kappa shape index (κ2) is 6.69. The minimum absolute atomic E-state index is 0.0145. The first-order valence-corrected chi connectivity index (χ1v) is 9.71. The van der Waals surface area contributed by atoms with Crippen molar-refractivity contribution in [3.05, 3.63) is 34.6 Å². The van der Waals surface area contributed by atoms with Gasteiger partial charge >= 0.3 is 5.97 Å². The fraction of sp³-hybridized carbons (Fsp3) is 0.591. The van der Waals surface area contributed by atoms with Crippen LogP contribution in [0.25, 0.3) is 0 Å². The van der Waals surface area contributed by atoms with Crippen molar-refractivity contribution in [1.29, 1.82) is 0 Å². The third-order valence-electron chi connectivity index (χ3n) is 6.69. The van der Waals surface area contributed by atoms with Gasteiger partial charge in [0.15, 0.2) is 0 Å². The maximum Gasteiger partial charge on any atom is 0.302 e. The molecule has 4 atom stereocenters. The summed E-state index contributed by atoms with van der Waals surface area (Å²) in [5.41, 5.74) is -0.402. The van der Waals surface area contributed by atoms with Crippen molar-refractivity contribution in [1.82, 2.24) is 0 Å². The van der Waals surface area contributed by atoms with Crippen molar-refractivity contribution in [3.8, 4) is 0 Å². The molecule has 6 heteroatoms. The first-order valence-electron chi connectivity index (χ1n) is 9.71. The maximum absolute atomic E-state index is 13.1. The molecule has 3 aliphatic rings. The maximum atomic E-state index is 13.1. The van der Waals surface area contributed by atoms with E-state index in [4.69, 9.17) is 4.74 Å². The Morgan fingerprint density at radius 1 is 1.29 bits per heavy atom. The van der Waals surface area contributed by atoms with Crippen LogP contribution in [0.1, 0.15) is 53.9 Å². The smallest absolute Gasteiger partial charge is 0.302 e. The van der Waals surface area contributed by atoms with E-state index in [1.807, 2.05) is 26.8 Å². The van der Waals surface area contributed by atoms with Gasteiger partial charge in [0.05, 0.1) is 6.10 Å². The first kappa shape index (κ1) is 20.5. The van der Waals surface area contributed by atoms with Crippen LogP contribution < -0.4 is 0 Å². The molecule has 0 bridgehead atoms. The third kappa shape index (κ3) is 2.94. The summed E-state index contributed by atoms with van der Waals surface area (Å²) < 4.78 is 5.06. The number of esters is 1. The summed E-state index contributed by atoms with van der Waals surface area (Å²) >= 11 is 0. The molecule has 6 nitrogen and oxygen atoms in total. The Hall–Kier alpha value is -2.21.